The van der Waals surface area contributed by atoms with Crippen molar-refractivity contribution in [1.29, 1.82) is 0 Å². The summed E-state index contributed by atoms with van der Waals surface area (Å²) in [7, 11) is 0. The molecule has 1 unspecified atom stereocenters. The molecule has 2 aromatic rings. The lowest BCUT2D eigenvalue weighted by Gasteiger charge is -2.46. The fourth-order valence-electron chi connectivity index (χ4n) is 4.44. The number of likely N-dealkylation sites (tertiary alicyclic amines) is 1. The number of hydrogen-bond acceptors (Lipinski definition) is 5. The van der Waals surface area contributed by atoms with Crippen molar-refractivity contribution in [2.24, 2.45) is 5.92 Å². The quantitative estimate of drug-likeness (QED) is 0.700. The molecule has 0 bridgehead atoms. The third-order valence-electron chi connectivity index (χ3n) is 6.16. The van der Waals surface area contributed by atoms with Crippen LogP contribution in [0.15, 0.2) is 22.7 Å². The maximum Gasteiger partial charge on any atom is 0.256 e. The van der Waals surface area contributed by atoms with Gasteiger partial charge in [-0.05, 0) is 49.8 Å². The lowest BCUT2D eigenvalue weighted by molar-refractivity contribution is -0.123. The summed E-state index contributed by atoms with van der Waals surface area (Å²) in [6.45, 7) is 5.83. The zero-order valence-corrected chi connectivity index (χ0v) is 18.1. The molecule has 30 heavy (non-hydrogen) atoms. The first-order valence-electron chi connectivity index (χ1n) is 10.6. The second-order valence-corrected chi connectivity index (χ2v) is 9.15. The summed E-state index contributed by atoms with van der Waals surface area (Å²) in [4.78, 5) is 19.0. The smallest absolute Gasteiger partial charge is 0.256 e. The average molecular weight is 436 g/mol. The average Bonchev–Trinajstić information content (AvgIpc) is 3.19. The van der Waals surface area contributed by atoms with Crippen LogP contribution in [0.1, 0.15) is 67.5 Å². The molecule has 1 atom stereocenters. The SMILES string of the molecule is CC(C)c1nc(CC2CCOC3(CCN(C(=O)c4cc(Cl)ccc4F)CC3)C2)no1. The van der Waals surface area contributed by atoms with Crippen molar-refractivity contribution in [3.63, 3.8) is 0 Å². The molecule has 8 heteroatoms. The number of aromatic nitrogens is 2. The van der Waals surface area contributed by atoms with Crippen molar-refractivity contribution < 1.29 is 18.4 Å². The van der Waals surface area contributed by atoms with Crippen molar-refractivity contribution in [3.8, 4) is 0 Å². The fourth-order valence-corrected chi connectivity index (χ4v) is 4.62. The number of hydrogen-bond donors (Lipinski definition) is 0. The topological polar surface area (TPSA) is 68.5 Å². The number of rotatable bonds is 4. The van der Waals surface area contributed by atoms with Crippen molar-refractivity contribution in [2.75, 3.05) is 19.7 Å². The van der Waals surface area contributed by atoms with Gasteiger partial charge in [0.15, 0.2) is 5.82 Å². The number of carbonyl (C=O) groups is 1. The molecule has 0 aliphatic carbocycles. The Morgan fingerprint density at radius 2 is 2.13 bits per heavy atom. The van der Waals surface area contributed by atoms with Crippen LogP contribution >= 0.6 is 11.6 Å². The third kappa shape index (κ3) is 4.52. The molecule has 2 aliphatic rings. The zero-order valence-electron chi connectivity index (χ0n) is 17.4. The number of benzene rings is 1. The Labute approximate surface area is 180 Å². The van der Waals surface area contributed by atoms with Crippen LogP contribution in [0.3, 0.4) is 0 Å². The van der Waals surface area contributed by atoms with Gasteiger partial charge in [0.2, 0.25) is 5.89 Å². The summed E-state index contributed by atoms with van der Waals surface area (Å²) in [6.07, 6.45) is 4.12. The van der Waals surface area contributed by atoms with E-state index >= 15 is 0 Å². The van der Waals surface area contributed by atoms with Crippen LogP contribution < -0.4 is 0 Å². The molecule has 2 saturated heterocycles. The molecular weight excluding hydrogens is 409 g/mol. The number of nitrogens with zero attached hydrogens (tertiary/aromatic N) is 3. The summed E-state index contributed by atoms with van der Waals surface area (Å²) in [5, 5.41) is 4.48. The Morgan fingerprint density at radius 3 is 2.83 bits per heavy atom. The van der Waals surface area contributed by atoms with Crippen LogP contribution in [0.4, 0.5) is 4.39 Å². The number of amides is 1. The van der Waals surface area contributed by atoms with E-state index < -0.39 is 5.82 Å². The molecule has 4 rings (SSSR count). The lowest BCUT2D eigenvalue weighted by Crippen LogP contribution is -2.51. The Morgan fingerprint density at radius 1 is 1.37 bits per heavy atom. The largest absolute Gasteiger partial charge is 0.375 e. The molecule has 2 aliphatic heterocycles. The first-order valence-corrected chi connectivity index (χ1v) is 10.9. The van der Waals surface area contributed by atoms with E-state index in [0.29, 0.717) is 36.5 Å². The number of ether oxygens (including phenoxy) is 1. The molecular formula is C22H27ClFN3O3. The Balaban J connectivity index is 1.37. The number of halogens is 2. The van der Waals surface area contributed by atoms with Crippen LogP contribution in [-0.2, 0) is 11.2 Å². The normalized spacial score (nSPS) is 21.4. The van der Waals surface area contributed by atoms with E-state index in [2.05, 4.69) is 10.1 Å². The van der Waals surface area contributed by atoms with E-state index in [1.807, 2.05) is 13.8 Å². The van der Waals surface area contributed by atoms with Gasteiger partial charge in [0, 0.05) is 37.1 Å². The highest BCUT2D eigenvalue weighted by molar-refractivity contribution is 6.31. The van der Waals surface area contributed by atoms with E-state index in [-0.39, 0.29) is 23.0 Å². The second-order valence-electron chi connectivity index (χ2n) is 8.71. The standard InChI is InChI=1S/C22H27ClFN3O3/c1-14(2)20-25-19(26-30-20)11-15-5-10-29-22(13-15)6-8-27(9-7-22)21(28)17-12-16(23)3-4-18(17)24/h3-4,12,14-15H,5-11,13H2,1-2H3. The lowest BCUT2D eigenvalue weighted by atomic mass is 9.78. The molecule has 0 N–H and O–H groups in total. The Kier molecular flexibility index (Phi) is 6.11. The zero-order chi connectivity index (χ0) is 21.3. The van der Waals surface area contributed by atoms with Crippen LogP contribution in [0.2, 0.25) is 5.02 Å². The molecule has 1 aromatic carbocycles. The van der Waals surface area contributed by atoms with Crippen LogP contribution in [-0.4, -0.2) is 46.2 Å². The van der Waals surface area contributed by atoms with Gasteiger partial charge in [-0.2, -0.15) is 4.98 Å². The third-order valence-corrected chi connectivity index (χ3v) is 6.40. The molecule has 162 valence electrons. The molecule has 1 aromatic heterocycles. The molecule has 2 fully saturated rings. The van der Waals surface area contributed by atoms with Gasteiger partial charge in [0.25, 0.3) is 5.91 Å². The van der Waals surface area contributed by atoms with E-state index in [4.69, 9.17) is 20.9 Å². The number of carbonyl (C=O) groups excluding carboxylic acids is 1. The van der Waals surface area contributed by atoms with Crippen LogP contribution in [0.25, 0.3) is 0 Å². The first-order chi connectivity index (χ1) is 14.3. The second kappa shape index (κ2) is 8.63. The molecule has 1 spiro atoms. The summed E-state index contributed by atoms with van der Waals surface area (Å²) in [6, 6.07) is 4.08. The predicted octanol–water partition coefficient (Wildman–Crippen LogP) is 4.63. The molecule has 3 heterocycles. The van der Waals surface area contributed by atoms with Crippen molar-refractivity contribution in [3.05, 3.63) is 46.3 Å². The van der Waals surface area contributed by atoms with Crippen LogP contribution in [0.5, 0.6) is 0 Å². The monoisotopic (exact) mass is 435 g/mol. The summed E-state index contributed by atoms with van der Waals surface area (Å²) in [5.41, 5.74) is -0.212. The van der Waals surface area contributed by atoms with Gasteiger partial charge >= 0.3 is 0 Å². The van der Waals surface area contributed by atoms with Crippen molar-refractivity contribution in [2.45, 2.75) is 57.5 Å². The van der Waals surface area contributed by atoms with Gasteiger partial charge < -0.3 is 14.2 Å². The van der Waals surface area contributed by atoms with Gasteiger partial charge in [-0.25, -0.2) is 4.39 Å². The minimum absolute atomic E-state index is 0.0268. The van der Waals surface area contributed by atoms with Crippen molar-refractivity contribution in [1.82, 2.24) is 15.0 Å². The molecule has 0 saturated carbocycles. The summed E-state index contributed by atoms with van der Waals surface area (Å²) >= 11 is 5.94. The molecule has 1 amide bonds. The predicted molar refractivity (Wildman–Crippen MR) is 110 cm³/mol. The summed E-state index contributed by atoms with van der Waals surface area (Å²) in [5.74, 6) is 1.21. The Bertz CT molecular complexity index is 909. The summed E-state index contributed by atoms with van der Waals surface area (Å²) < 4.78 is 25.6. The number of piperidine rings is 1. The van der Waals surface area contributed by atoms with E-state index in [0.717, 1.165) is 37.9 Å². The van der Waals surface area contributed by atoms with Gasteiger partial charge in [0.1, 0.15) is 5.82 Å². The minimum atomic E-state index is -0.542. The Hall–Kier alpha value is -1.99. The highest BCUT2D eigenvalue weighted by Crippen LogP contribution is 2.39. The van der Waals surface area contributed by atoms with Gasteiger partial charge in [0.05, 0.1) is 11.2 Å². The maximum atomic E-state index is 14.1. The minimum Gasteiger partial charge on any atom is -0.375 e. The van der Waals surface area contributed by atoms with E-state index in [1.54, 1.807) is 4.90 Å². The van der Waals surface area contributed by atoms with Crippen molar-refractivity contribution >= 4 is 17.5 Å². The maximum absolute atomic E-state index is 14.1. The van der Waals surface area contributed by atoms with Gasteiger partial charge in [-0.3, -0.25) is 4.79 Å². The highest BCUT2D eigenvalue weighted by atomic mass is 35.5. The van der Waals surface area contributed by atoms with E-state index in [1.165, 1.54) is 18.2 Å². The highest BCUT2D eigenvalue weighted by Gasteiger charge is 2.41. The fraction of sp³-hybridized carbons (Fsp3) is 0.591. The van der Waals surface area contributed by atoms with Crippen LogP contribution in [0, 0.1) is 11.7 Å². The first kappa shape index (κ1) is 21.2. The van der Waals surface area contributed by atoms with Gasteiger partial charge in [-0.15, -0.1) is 0 Å². The molecule has 0 radical (unpaired) electrons. The molecule has 6 nitrogen and oxygen atoms in total. The van der Waals surface area contributed by atoms with Gasteiger partial charge in [-0.1, -0.05) is 30.6 Å². The van der Waals surface area contributed by atoms with E-state index in [9.17, 15) is 9.18 Å².